The Morgan fingerprint density at radius 3 is 3.08 bits per heavy atom. The van der Waals surface area contributed by atoms with Crippen molar-refractivity contribution in [2.75, 3.05) is 18.5 Å². The van der Waals surface area contributed by atoms with Gasteiger partial charge < -0.3 is 10.6 Å². The van der Waals surface area contributed by atoms with E-state index >= 15 is 0 Å². The topological polar surface area (TPSA) is 42.1 Å². The van der Waals surface area contributed by atoms with Gasteiger partial charge in [0, 0.05) is 31.5 Å². The van der Waals surface area contributed by atoms with Crippen LogP contribution in [0.2, 0.25) is 0 Å². The number of halogens is 1. The lowest BCUT2D eigenvalue weighted by Crippen LogP contribution is -2.19. The lowest BCUT2D eigenvalue weighted by atomic mass is 10.2. The van der Waals surface area contributed by atoms with E-state index in [0.717, 1.165) is 16.6 Å². The third kappa shape index (κ3) is 1.03. The van der Waals surface area contributed by atoms with Crippen molar-refractivity contribution in [2.24, 2.45) is 5.73 Å². The summed E-state index contributed by atoms with van der Waals surface area (Å²) >= 11 is 3.46. The lowest BCUT2D eigenvalue weighted by Gasteiger charge is -2.12. The molecule has 64 valence electrons. The second-order valence-electron chi connectivity index (χ2n) is 3.05. The van der Waals surface area contributed by atoms with E-state index in [1.165, 1.54) is 5.69 Å². The van der Waals surface area contributed by atoms with Crippen molar-refractivity contribution < 1.29 is 0 Å². The molecule has 1 aliphatic rings. The summed E-state index contributed by atoms with van der Waals surface area (Å²) in [4.78, 5) is 6.23. The molecule has 0 fully saturated rings. The molecular formula is C8H10BrN3. The van der Waals surface area contributed by atoms with Gasteiger partial charge in [-0.05, 0) is 15.9 Å². The molecule has 1 aliphatic heterocycles. The number of nitrogens with two attached hydrogens (primary N) is 1. The number of hydrogen-bond acceptors (Lipinski definition) is 3. The Balaban J connectivity index is 2.59. The van der Waals surface area contributed by atoms with Crippen LogP contribution in [0.5, 0.6) is 0 Å². The molecule has 0 saturated carbocycles. The van der Waals surface area contributed by atoms with E-state index in [2.05, 4.69) is 25.8 Å². The average molecular weight is 228 g/mol. The molecule has 0 bridgehead atoms. The highest BCUT2D eigenvalue weighted by atomic mass is 79.9. The third-order valence-electron chi connectivity index (χ3n) is 2.15. The van der Waals surface area contributed by atoms with Crippen LogP contribution in [0.1, 0.15) is 11.6 Å². The van der Waals surface area contributed by atoms with Crippen LogP contribution in [0.4, 0.5) is 5.69 Å². The fourth-order valence-corrected chi connectivity index (χ4v) is 2.25. The molecule has 0 aromatic carbocycles. The molecule has 2 rings (SSSR count). The Bertz CT molecular complexity index is 313. The molecule has 2 N–H and O–H groups in total. The van der Waals surface area contributed by atoms with Crippen molar-refractivity contribution in [3.8, 4) is 0 Å². The molecule has 1 aromatic heterocycles. The summed E-state index contributed by atoms with van der Waals surface area (Å²) in [5.41, 5.74) is 8.21. The van der Waals surface area contributed by atoms with Crippen molar-refractivity contribution in [2.45, 2.75) is 6.04 Å². The van der Waals surface area contributed by atoms with Gasteiger partial charge >= 0.3 is 0 Å². The van der Waals surface area contributed by atoms with Gasteiger partial charge in [-0.25, -0.2) is 0 Å². The van der Waals surface area contributed by atoms with Crippen molar-refractivity contribution in [1.82, 2.24) is 4.98 Å². The van der Waals surface area contributed by atoms with Gasteiger partial charge in [0.15, 0.2) is 0 Å². The first-order valence-electron chi connectivity index (χ1n) is 3.80. The van der Waals surface area contributed by atoms with E-state index in [-0.39, 0.29) is 6.04 Å². The number of anilines is 1. The zero-order valence-electron chi connectivity index (χ0n) is 6.79. The zero-order chi connectivity index (χ0) is 8.72. The summed E-state index contributed by atoms with van der Waals surface area (Å²) in [6.07, 6.45) is 3.64. The number of fused-ring (bicyclic) bond motifs is 1. The van der Waals surface area contributed by atoms with E-state index in [4.69, 9.17) is 5.73 Å². The van der Waals surface area contributed by atoms with Gasteiger partial charge in [-0.1, -0.05) is 0 Å². The summed E-state index contributed by atoms with van der Waals surface area (Å²) in [5, 5.41) is 0. The summed E-state index contributed by atoms with van der Waals surface area (Å²) in [6, 6.07) is 0.106. The van der Waals surface area contributed by atoms with Gasteiger partial charge in [0.25, 0.3) is 0 Å². The van der Waals surface area contributed by atoms with Gasteiger partial charge in [-0.3, -0.25) is 4.98 Å². The molecule has 1 unspecified atom stereocenters. The van der Waals surface area contributed by atoms with Crippen LogP contribution in [0.25, 0.3) is 0 Å². The fourth-order valence-electron chi connectivity index (χ4n) is 1.60. The van der Waals surface area contributed by atoms with Crippen LogP contribution in [-0.2, 0) is 0 Å². The van der Waals surface area contributed by atoms with Crippen LogP contribution in [-0.4, -0.2) is 18.6 Å². The number of likely N-dealkylation sites (N-methyl/N-ethyl adjacent to an activating group) is 1. The molecule has 3 nitrogen and oxygen atoms in total. The summed E-state index contributed by atoms with van der Waals surface area (Å²) in [5.74, 6) is 0. The number of rotatable bonds is 0. The smallest absolute Gasteiger partial charge is 0.0595 e. The van der Waals surface area contributed by atoms with Crippen molar-refractivity contribution in [3.63, 3.8) is 0 Å². The molecule has 0 amide bonds. The molecule has 0 saturated heterocycles. The molecule has 1 atom stereocenters. The highest BCUT2D eigenvalue weighted by Crippen LogP contribution is 2.37. The van der Waals surface area contributed by atoms with Crippen LogP contribution >= 0.6 is 15.9 Å². The fraction of sp³-hybridized carbons (Fsp3) is 0.375. The monoisotopic (exact) mass is 227 g/mol. The zero-order valence-corrected chi connectivity index (χ0v) is 8.37. The summed E-state index contributed by atoms with van der Waals surface area (Å²) in [6.45, 7) is 0.875. The average Bonchev–Trinajstić information content (AvgIpc) is 2.29. The van der Waals surface area contributed by atoms with Gasteiger partial charge in [0.2, 0.25) is 0 Å². The van der Waals surface area contributed by atoms with Crippen LogP contribution in [0.3, 0.4) is 0 Å². The number of nitrogens with zero attached hydrogens (tertiary/aromatic N) is 2. The quantitative estimate of drug-likeness (QED) is 0.727. The van der Waals surface area contributed by atoms with Gasteiger partial charge in [-0.2, -0.15) is 0 Å². The highest BCUT2D eigenvalue weighted by molar-refractivity contribution is 9.10. The standard InChI is InChI=1S/C8H10BrN3/c1-12-4-7(10)5-2-11-3-6(9)8(5)12/h2-3,7H,4,10H2,1H3. The Morgan fingerprint density at radius 2 is 2.42 bits per heavy atom. The third-order valence-corrected chi connectivity index (χ3v) is 2.73. The molecule has 2 heterocycles. The first-order valence-corrected chi connectivity index (χ1v) is 4.59. The Hall–Kier alpha value is -0.610. The first-order chi connectivity index (χ1) is 5.70. The van der Waals surface area contributed by atoms with Gasteiger partial charge in [-0.15, -0.1) is 0 Å². The summed E-state index contributed by atoms with van der Waals surface area (Å²) < 4.78 is 1.02. The molecule has 12 heavy (non-hydrogen) atoms. The first kappa shape index (κ1) is 8.01. The predicted molar refractivity (Wildman–Crippen MR) is 52.1 cm³/mol. The molecule has 0 radical (unpaired) electrons. The number of aromatic nitrogens is 1. The van der Waals surface area contributed by atoms with E-state index in [0.29, 0.717) is 0 Å². The minimum absolute atomic E-state index is 0.106. The number of hydrogen-bond donors (Lipinski definition) is 1. The Kier molecular flexibility index (Phi) is 1.81. The predicted octanol–water partition coefficient (Wildman–Crippen LogP) is 1.29. The van der Waals surface area contributed by atoms with Crippen LogP contribution in [0, 0.1) is 0 Å². The maximum atomic E-state index is 5.90. The van der Waals surface area contributed by atoms with Crippen LogP contribution in [0.15, 0.2) is 16.9 Å². The van der Waals surface area contributed by atoms with Crippen molar-refractivity contribution in [1.29, 1.82) is 0 Å². The lowest BCUT2D eigenvalue weighted by molar-refractivity contribution is 0.758. The van der Waals surface area contributed by atoms with Gasteiger partial charge in [0.05, 0.1) is 16.2 Å². The highest BCUT2D eigenvalue weighted by Gasteiger charge is 2.25. The minimum Gasteiger partial charge on any atom is -0.371 e. The van der Waals surface area contributed by atoms with E-state index in [1.54, 1.807) is 6.20 Å². The van der Waals surface area contributed by atoms with Crippen molar-refractivity contribution >= 4 is 21.6 Å². The van der Waals surface area contributed by atoms with E-state index in [9.17, 15) is 0 Å². The Labute approximate surface area is 79.7 Å². The number of pyridine rings is 1. The molecule has 0 spiro atoms. The van der Waals surface area contributed by atoms with Crippen molar-refractivity contribution in [3.05, 3.63) is 22.4 Å². The molecule has 1 aromatic rings. The Morgan fingerprint density at radius 1 is 1.67 bits per heavy atom. The molecular weight excluding hydrogens is 218 g/mol. The van der Waals surface area contributed by atoms with E-state index < -0.39 is 0 Å². The molecule has 0 aliphatic carbocycles. The normalized spacial score (nSPS) is 21.2. The van der Waals surface area contributed by atoms with Crippen LogP contribution < -0.4 is 10.6 Å². The van der Waals surface area contributed by atoms with Gasteiger partial charge in [0.1, 0.15) is 0 Å². The largest absolute Gasteiger partial charge is 0.371 e. The second kappa shape index (κ2) is 2.71. The van der Waals surface area contributed by atoms with E-state index in [1.807, 2.05) is 13.2 Å². The SMILES string of the molecule is CN1CC(N)c2cncc(Br)c21. The maximum Gasteiger partial charge on any atom is 0.0595 e. The summed E-state index contributed by atoms with van der Waals surface area (Å²) in [7, 11) is 2.04. The second-order valence-corrected chi connectivity index (χ2v) is 3.90. The molecule has 4 heteroatoms. The maximum absolute atomic E-state index is 5.90. The minimum atomic E-state index is 0.106.